The zero-order valence-electron chi connectivity index (χ0n) is 9.58. The quantitative estimate of drug-likeness (QED) is 0.811. The lowest BCUT2D eigenvalue weighted by atomic mass is 9.53. The topological polar surface area (TPSA) is 37.3 Å². The van der Waals surface area contributed by atoms with Gasteiger partial charge in [-0.15, -0.1) is 0 Å². The number of fused-ring (bicyclic) bond motifs is 2. The highest BCUT2D eigenvalue weighted by molar-refractivity contribution is 5.74. The fourth-order valence-corrected chi connectivity index (χ4v) is 3.55. The lowest BCUT2D eigenvalue weighted by Gasteiger charge is -2.50. The average Bonchev–Trinajstić information content (AvgIpc) is 2.24. The van der Waals surface area contributed by atoms with Gasteiger partial charge in [-0.1, -0.05) is 12.5 Å². The largest absolute Gasteiger partial charge is 0.481 e. The van der Waals surface area contributed by atoms with Gasteiger partial charge in [0, 0.05) is 5.41 Å². The maximum Gasteiger partial charge on any atom is 0.307 e. The molecular weight excluding hydrogens is 219 g/mol. The molecule has 90 valence electrons. The molecule has 17 heavy (non-hydrogen) atoms. The number of hydrogen-bond donors (Lipinski definition) is 1. The summed E-state index contributed by atoms with van der Waals surface area (Å²) in [6.07, 6.45) is 4.28. The number of aryl methyl sites for hydroxylation is 1. The average molecular weight is 234 g/mol. The van der Waals surface area contributed by atoms with Crippen LogP contribution in [0, 0.1) is 11.7 Å². The van der Waals surface area contributed by atoms with Crippen LogP contribution < -0.4 is 0 Å². The molecule has 1 N–H and O–H groups in total. The summed E-state index contributed by atoms with van der Waals surface area (Å²) in [5.74, 6) is -1.19. The number of aliphatic carboxylic acids is 1. The Kier molecular flexibility index (Phi) is 2.25. The van der Waals surface area contributed by atoms with Gasteiger partial charge in [-0.25, -0.2) is 4.39 Å². The normalized spacial score (nSPS) is 25.1. The van der Waals surface area contributed by atoms with Crippen molar-refractivity contribution in [2.75, 3.05) is 0 Å². The molecule has 0 bridgehead atoms. The summed E-state index contributed by atoms with van der Waals surface area (Å²) in [5.41, 5.74) is 1.90. The Morgan fingerprint density at radius 1 is 1.41 bits per heavy atom. The van der Waals surface area contributed by atoms with E-state index in [0.717, 1.165) is 30.4 Å². The first-order chi connectivity index (χ1) is 8.13. The highest BCUT2D eigenvalue weighted by Crippen LogP contribution is 2.54. The second-order valence-corrected chi connectivity index (χ2v) is 5.24. The number of rotatable bonds is 1. The highest BCUT2D eigenvalue weighted by Gasteiger charge is 2.51. The summed E-state index contributed by atoms with van der Waals surface area (Å²) in [5, 5.41) is 9.34. The van der Waals surface area contributed by atoms with E-state index in [1.165, 1.54) is 6.07 Å². The molecule has 1 aromatic rings. The maximum absolute atomic E-state index is 13.2. The fraction of sp³-hybridized carbons (Fsp3) is 0.500. The van der Waals surface area contributed by atoms with Crippen LogP contribution in [0.1, 0.15) is 36.8 Å². The number of halogens is 1. The molecule has 2 aliphatic carbocycles. The van der Waals surface area contributed by atoms with Crippen molar-refractivity contribution in [1.82, 2.24) is 0 Å². The monoisotopic (exact) mass is 234 g/mol. The molecule has 2 nitrogen and oxygen atoms in total. The Bertz CT molecular complexity index is 477. The summed E-state index contributed by atoms with van der Waals surface area (Å²) in [7, 11) is 0. The third-order valence-corrected chi connectivity index (χ3v) is 4.52. The van der Waals surface area contributed by atoms with Gasteiger partial charge in [-0.05, 0) is 48.9 Å². The van der Waals surface area contributed by atoms with Gasteiger partial charge in [0.05, 0.1) is 5.92 Å². The first kappa shape index (κ1) is 10.8. The first-order valence-electron chi connectivity index (χ1n) is 6.15. The molecule has 1 atom stereocenters. The van der Waals surface area contributed by atoms with Crippen LogP contribution in [0.5, 0.6) is 0 Å². The van der Waals surface area contributed by atoms with Gasteiger partial charge in [0.15, 0.2) is 0 Å². The Balaban J connectivity index is 2.10. The molecule has 1 unspecified atom stereocenters. The number of carboxylic acid groups (broad SMARTS) is 1. The van der Waals surface area contributed by atoms with Crippen molar-refractivity contribution in [3.8, 4) is 0 Å². The van der Waals surface area contributed by atoms with Gasteiger partial charge in [-0.2, -0.15) is 0 Å². The van der Waals surface area contributed by atoms with E-state index in [9.17, 15) is 14.3 Å². The molecule has 2 aliphatic rings. The minimum atomic E-state index is -0.695. The van der Waals surface area contributed by atoms with E-state index in [2.05, 4.69) is 0 Å². The van der Waals surface area contributed by atoms with Crippen LogP contribution in [0.4, 0.5) is 4.39 Å². The number of carbonyl (C=O) groups is 1. The molecule has 0 saturated heterocycles. The Morgan fingerprint density at radius 3 is 2.76 bits per heavy atom. The molecule has 3 rings (SSSR count). The zero-order valence-corrected chi connectivity index (χ0v) is 9.58. The van der Waals surface area contributed by atoms with E-state index in [1.807, 2.05) is 0 Å². The first-order valence-corrected chi connectivity index (χ1v) is 6.15. The van der Waals surface area contributed by atoms with E-state index in [0.29, 0.717) is 12.8 Å². The Labute approximate surface area is 99.5 Å². The summed E-state index contributed by atoms with van der Waals surface area (Å²) in [6, 6.07) is 4.84. The second-order valence-electron chi connectivity index (χ2n) is 5.24. The summed E-state index contributed by atoms with van der Waals surface area (Å²) in [6.45, 7) is 0. The van der Waals surface area contributed by atoms with Gasteiger partial charge in [0.2, 0.25) is 0 Å². The van der Waals surface area contributed by atoms with Crippen LogP contribution in [0.15, 0.2) is 18.2 Å². The molecular formula is C14H15FO2. The van der Waals surface area contributed by atoms with Crippen molar-refractivity contribution >= 4 is 5.97 Å². The van der Waals surface area contributed by atoms with Crippen molar-refractivity contribution in [3.05, 3.63) is 35.1 Å². The van der Waals surface area contributed by atoms with E-state index in [-0.39, 0.29) is 17.2 Å². The smallest absolute Gasteiger partial charge is 0.307 e. The van der Waals surface area contributed by atoms with Gasteiger partial charge in [-0.3, -0.25) is 4.79 Å². The third kappa shape index (κ3) is 1.41. The molecule has 3 heteroatoms. The molecule has 1 saturated carbocycles. The minimum absolute atomic E-state index is 0.201. The maximum atomic E-state index is 13.2. The number of benzene rings is 1. The summed E-state index contributed by atoms with van der Waals surface area (Å²) < 4.78 is 13.2. The molecule has 0 amide bonds. The Hall–Kier alpha value is -1.38. The van der Waals surface area contributed by atoms with Crippen LogP contribution in [-0.2, 0) is 16.6 Å². The van der Waals surface area contributed by atoms with E-state index in [1.54, 1.807) is 12.1 Å². The predicted octanol–water partition coefficient (Wildman–Crippen LogP) is 2.89. The van der Waals surface area contributed by atoms with Crippen molar-refractivity contribution in [3.63, 3.8) is 0 Å². The van der Waals surface area contributed by atoms with E-state index < -0.39 is 5.97 Å². The fourth-order valence-electron chi connectivity index (χ4n) is 3.55. The molecule has 1 aromatic carbocycles. The van der Waals surface area contributed by atoms with Crippen molar-refractivity contribution in [1.29, 1.82) is 0 Å². The van der Waals surface area contributed by atoms with E-state index >= 15 is 0 Å². The van der Waals surface area contributed by atoms with Crippen LogP contribution in [0.25, 0.3) is 0 Å². The van der Waals surface area contributed by atoms with Crippen LogP contribution in [0.3, 0.4) is 0 Å². The van der Waals surface area contributed by atoms with Gasteiger partial charge >= 0.3 is 5.97 Å². The van der Waals surface area contributed by atoms with Crippen LogP contribution in [-0.4, -0.2) is 11.1 Å². The third-order valence-electron chi connectivity index (χ3n) is 4.52. The second kappa shape index (κ2) is 3.56. The SMILES string of the molecule is O=C(O)C1CCc2cc(F)ccc2C12CCC2. The zero-order chi connectivity index (χ0) is 12.0. The highest BCUT2D eigenvalue weighted by atomic mass is 19.1. The van der Waals surface area contributed by atoms with Crippen molar-refractivity contribution in [2.45, 2.75) is 37.5 Å². The van der Waals surface area contributed by atoms with Gasteiger partial charge in [0.25, 0.3) is 0 Å². The van der Waals surface area contributed by atoms with Gasteiger partial charge in [0.1, 0.15) is 5.82 Å². The summed E-state index contributed by atoms with van der Waals surface area (Å²) >= 11 is 0. The lowest BCUT2D eigenvalue weighted by molar-refractivity contribution is -0.147. The molecule has 0 radical (unpaired) electrons. The van der Waals surface area contributed by atoms with Crippen LogP contribution >= 0.6 is 0 Å². The molecule has 1 spiro atoms. The predicted molar refractivity (Wildman–Crippen MR) is 61.4 cm³/mol. The molecule has 1 fully saturated rings. The lowest BCUT2D eigenvalue weighted by Crippen LogP contribution is -2.48. The minimum Gasteiger partial charge on any atom is -0.481 e. The standard InChI is InChI=1S/C14H15FO2/c15-10-3-5-11-9(8-10)2-4-12(13(16)17)14(11)6-1-7-14/h3,5,8,12H,1-2,4,6-7H2,(H,16,17). The molecule has 0 aliphatic heterocycles. The van der Waals surface area contributed by atoms with Gasteiger partial charge < -0.3 is 5.11 Å². The van der Waals surface area contributed by atoms with Crippen molar-refractivity contribution in [2.24, 2.45) is 5.92 Å². The molecule has 0 heterocycles. The van der Waals surface area contributed by atoms with E-state index in [4.69, 9.17) is 0 Å². The van der Waals surface area contributed by atoms with Crippen molar-refractivity contribution < 1.29 is 14.3 Å². The number of hydrogen-bond acceptors (Lipinski definition) is 1. The number of carboxylic acids is 1. The summed E-state index contributed by atoms with van der Waals surface area (Å²) in [4.78, 5) is 11.4. The molecule has 0 aromatic heterocycles. The Morgan fingerprint density at radius 2 is 2.18 bits per heavy atom. The van der Waals surface area contributed by atoms with Crippen LogP contribution in [0.2, 0.25) is 0 Å².